The minimum absolute atomic E-state index is 0.308. The van der Waals surface area contributed by atoms with Crippen LogP contribution >= 0.6 is 11.3 Å². The van der Waals surface area contributed by atoms with Crippen LogP contribution in [0.25, 0.3) is 15.9 Å². The molecule has 98 valence electrons. The molecular weight excluding hydrogens is 264 g/mol. The van der Waals surface area contributed by atoms with Crippen LogP contribution in [0.15, 0.2) is 6.33 Å². The molecule has 0 bridgehead atoms. The Balaban J connectivity index is 2.31. The van der Waals surface area contributed by atoms with Crippen LogP contribution in [-0.4, -0.2) is 32.2 Å². The van der Waals surface area contributed by atoms with E-state index >= 15 is 0 Å². The first-order valence-corrected chi connectivity index (χ1v) is 6.71. The average molecular weight is 276 g/mol. The van der Waals surface area contributed by atoms with Gasteiger partial charge in [0.25, 0.3) is 0 Å². The SMILES string of the molecule is CCOC(=O)c1sc2ncn3nc(C)nc3c2c1C. The fraction of sp³-hybridized carbons (Fsp3) is 0.333. The number of aromatic nitrogens is 4. The Morgan fingerprint density at radius 2 is 2.26 bits per heavy atom. The molecule has 0 fully saturated rings. The zero-order valence-corrected chi connectivity index (χ0v) is 11.6. The molecule has 0 aliphatic heterocycles. The molecule has 0 unspecified atom stereocenters. The van der Waals surface area contributed by atoms with Gasteiger partial charge in [-0.3, -0.25) is 0 Å². The number of carbonyl (C=O) groups excluding carboxylic acids is 1. The molecule has 3 heterocycles. The smallest absolute Gasteiger partial charge is 0.348 e. The lowest BCUT2D eigenvalue weighted by atomic mass is 10.2. The zero-order valence-electron chi connectivity index (χ0n) is 10.8. The number of esters is 1. The van der Waals surface area contributed by atoms with Crippen molar-refractivity contribution in [2.75, 3.05) is 6.61 Å². The third kappa shape index (κ3) is 1.77. The summed E-state index contributed by atoms with van der Waals surface area (Å²) in [6.45, 7) is 5.86. The molecule has 0 radical (unpaired) electrons. The predicted octanol–water partition coefficient (Wildman–Crippen LogP) is 2.13. The minimum atomic E-state index is -0.308. The topological polar surface area (TPSA) is 69.4 Å². The third-order valence-corrected chi connectivity index (χ3v) is 4.01. The van der Waals surface area contributed by atoms with Crippen LogP contribution in [0.2, 0.25) is 0 Å². The van der Waals surface area contributed by atoms with E-state index in [-0.39, 0.29) is 5.97 Å². The number of ether oxygens (including phenoxy) is 1. The van der Waals surface area contributed by atoms with Crippen LogP contribution in [-0.2, 0) is 4.74 Å². The van der Waals surface area contributed by atoms with Crippen molar-refractivity contribution in [2.45, 2.75) is 20.8 Å². The van der Waals surface area contributed by atoms with Gasteiger partial charge in [0.15, 0.2) is 5.65 Å². The Hall–Kier alpha value is -2.02. The second-order valence-corrected chi connectivity index (χ2v) is 5.13. The normalized spacial score (nSPS) is 11.3. The summed E-state index contributed by atoms with van der Waals surface area (Å²) in [4.78, 5) is 22.0. The molecule has 0 aromatic carbocycles. The summed E-state index contributed by atoms with van der Waals surface area (Å²) in [5.74, 6) is 0.370. The number of hydrogen-bond donors (Lipinski definition) is 0. The summed E-state index contributed by atoms with van der Waals surface area (Å²) in [6, 6.07) is 0. The van der Waals surface area contributed by atoms with E-state index in [1.807, 2.05) is 13.8 Å². The first kappa shape index (κ1) is 12.0. The summed E-state index contributed by atoms with van der Waals surface area (Å²) in [5.41, 5.74) is 1.58. The summed E-state index contributed by atoms with van der Waals surface area (Å²) >= 11 is 1.33. The maximum absolute atomic E-state index is 11.9. The molecule has 19 heavy (non-hydrogen) atoms. The van der Waals surface area contributed by atoms with E-state index in [9.17, 15) is 4.79 Å². The number of nitrogens with zero attached hydrogens (tertiary/aromatic N) is 4. The molecule has 0 spiro atoms. The highest BCUT2D eigenvalue weighted by Crippen LogP contribution is 2.31. The van der Waals surface area contributed by atoms with E-state index in [4.69, 9.17) is 4.74 Å². The Morgan fingerprint density at radius 3 is 3.00 bits per heavy atom. The molecule has 0 aliphatic rings. The molecular formula is C12H12N4O2S. The van der Waals surface area contributed by atoms with E-state index in [0.717, 1.165) is 21.4 Å². The molecule has 0 saturated carbocycles. The van der Waals surface area contributed by atoms with Gasteiger partial charge in [0, 0.05) is 0 Å². The lowest BCUT2D eigenvalue weighted by Crippen LogP contribution is -2.03. The van der Waals surface area contributed by atoms with Gasteiger partial charge >= 0.3 is 5.97 Å². The van der Waals surface area contributed by atoms with Gasteiger partial charge in [0.05, 0.1) is 12.0 Å². The first-order chi connectivity index (χ1) is 9.11. The monoisotopic (exact) mass is 276 g/mol. The van der Waals surface area contributed by atoms with Crippen molar-refractivity contribution in [1.82, 2.24) is 19.6 Å². The zero-order chi connectivity index (χ0) is 13.6. The number of thiophene rings is 1. The van der Waals surface area contributed by atoms with Crippen LogP contribution in [0, 0.1) is 13.8 Å². The minimum Gasteiger partial charge on any atom is -0.462 e. The number of carbonyl (C=O) groups is 1. The summed E-state index contributed by atoms with van der Waals surface area (Å²) < 4.78 is 6.69. The molecule has 0 atom stereocenters. The van der Waals surface area contributed by atoms with E-state index in [2.05, 4.69) is 15.1 Å². The van der Waals surface area contributed by atoms with Crippen LogP contribution in [0.5, 0.6) is 0 Å². The van der Waals surface area contributed by atoms with Crippen molar-refractivity contribution < 1.29 is 9.53 Å². The van der Waals surface area contributed by atoms with Gasteiger partial charge in [0.2, 0.25) is 0 Å². The van der Waals surface area contributed by atoms with Crippen LogP contribution in [0.1, 0.15) is 28.0 Å². The molecule has 3 aromatic heterocycles. The standard InChI is InChI=1S/C12H12N4O2S/c1-4-18-12(17)9-6(2)8-10-14-7(3)15-16(10)5-13-11(8)19-9/h5H,4H2,1-3H3. The fourth-order valence-electron chi connectivity index (χ4n) is 2.03. The van der Waals surface area contributed by atoms with Crippen molar-refractivity contribution in [1.29, 1.82) is 0 Å². The van der Waals surface area contributed by atoms with Gasteiger partial charge < -0.3 is 4.74 Å². The van der Waals surface area contributed by atoms with Gasteiger partial charge in [-0.2, -0.15) is 5.10 Å². The van der Waals surface area contributed by atoms with Crippen LogP contribution in [0.4, 0.5) is 0 Å². The molecule has 0 N–H and O–H groups in total. The van der Waals surface area contributed by atoms with Gasteiger partial charge in [0.1, 0.15) is 21.9 Å². The van der Waals surface area contributed by atoms with Crippen molar-refractivity contribution >= 4 is 33.2 Å². The molecule has 0 amide bonds. The van der Waals surface area contributed by atoms with Gasteiger partial charge in [-0.1, -0.05) is 0 Å². The van der Waals surface area contributed by atoms with Gasteiger partial charge in [-0.25, -0.2) is 19.3 Å². The summed E-state index contributed by atoms with van der Waals surface area (Å²) in [5, 5.41) is 5.10. The Morgan fingerprint density at radius 1 is 1.47 bits per heavy atom. The quantitative estimate of drug-likeness (QED) is 0.671. The van der Waals surface area contributed by atoms with Gasteiger partial charge in [-0.05, 0) is 26.3 Å². The Labute approximate surface area is 113 Å². The summed E-state index contributed by atoms with van der Waals surface area (Å²) in [7, 11) is 0. The number of aryl methyl sites for hydroxylation is 2. The van der Waals surface area contributed by atoms with Crippen molar-refractivity contribution in [3.8, 4) is 0 Å². The molecule has 3 aromatic rings. The second-order valence-electron chi connectivity index (χ2n) is 4.13. The lowest BCUT2D eigenvalue weighted by molar-refractivity contribution is 0.0531. The largest absolute Gasteiger partial charge is 0.462 e. The first-order valence-electron chi connectivity index (χ1n) is 5.90. The molecule has 0 aliphatic carbocycles. The highest BCUT2D eigenvalue weighted by Gasteiger charge is 2.20. The van der Waals surface area contributed by atoms with E-state index in [1.54, 1.807) is 17.8 Å². The fourth-order valence-corrected chi connectivity index (χ4v) is 3.07. The number of fused-ring (bicyclic) bond motifs is 3. The Kier molecular flexibility index (Phi) is 2.70. The average Bonchev–Trinajstić information content (AvgIpc) is 2.89. The van der Waals surface area contributed by atoms with E-state index in [0.29, 0.717) is 17.3 Å². The maximum atomic E-state index is 11.9. The predicted molar refractivity (Wildman–Crippen MR) is 71.6 cm³/mol. The van der Waals surface area contributed by atoms with Crippen molar-refractivity contribution in [2.24, 2.45) is 0 Å². The number of rotatable bonds is 2. The molecule has 7 heteroatoms. The van der Waals surface area contributed by atoms with E-state index in [1.165, 1.54) is 11.3 Å². The van der Waals surface area contributed by atoms with E-state index < -0.39 is 0 Å². The Bertz CT molecular complexity index is 790. The van der Waals surface area contributed by atoms with Crippen LogP contribution < -0.4 is 0 Å². The molecule has 0 saturated heterocycles. The lowest BCUT2D eigenvalue weighted by Gasteiger charge is -1.99. The molecule has 6 nitrogen and oxygen atoms in total. The van der Waals surface area contributed by atoms with Gasteiger partial charge in [-0.15, -0.1) is 11.3 Å². The van der Waals surface area contributed by atoms with Crippen LogP contribution in [0.3, 0.4) is 0 Å². The second kappa shape index (κ2) is 4.27. The summed E-state index contributed by atoms with van der Waals surface area (Å²) in [6.07, 6.45) is 1.61. The highest BCUT2D eigenvalue weighted by atomic mass is 32.1. The molecule has 3 rings (SSSR count). The maximum Gasteiger partial charge on any atom is 0.348 e. The van der Waals surface area contributed by atoms with Crippen molar-refractivity contribution in [3.63, 3.8) is 0 Å². The third-order valence-electron chi connectivity index (χ3n) is 2.83. The number of hydrogen-bond acceptors (Lipinski definition) is 6. The van der Waals surface area contributed by atoms with Crippen molar-refractivity contribution in [3.05, 3.63) is 22.6 Å². The highest BCUT2D eigenvalue weighted by molar-refractivity contribution is 7.20.